The van der Waals surface area contributed by atoms with E-state index in [1.54, 1.807) is 51.7 Å². The first-order valence-electron chi connectivity index (χ1n) is 11.1. The third-order valence-electron chi connectivity index (χ3n) is 5.83. The van der Waals surface area contributed by atoms with Crippen molar-refractivity contribution in [3.63, 3.8) is 0 Å². The first-order valence-corrected chi connectivity index (χ1v) is 11.1. The van der Waals surface area contributed by atoms with Crippen molar-refractivity contribution in [3.05, 3.63) is 65.2 Å². The van der Waals surface area contributed by atoms with Gasteiger partial charge in [-0.1, -0.05) is 51.0 Å². The van der Waals surface area contributed by atoms with E-state index in [0.29, 0.717) is 57.9 Å². The first kappa shape index (κ1) is 23.6. The number of hydrogen-bond acceptors (Lipinski definition) is 5. The number of ketones is 1. The van der Waals surface area contributed by atoms with Gasteiger partial charge in [-0.15, -0.1) is 0 Å². The van der Waals surface area contributed by atoms with Crippen molar-refractivity contribution in [2.75, 3.05) is 21.3 Å². The van der Waals surface area contributed by atoms with Crippen LogP contribution in [0.5, 0.6) is 17.2 Å². The number of benzene rings is 2. The van der Waals surface area contributed by atoms with Crippen molar-refractivity contribution in [1.29, 1.82) is 0 Å². The minimum atomic E-state index is -1.88. The number of aliphatic hydroxyl groups is 1. The number of rotatable bonds is 8. The van der Waals surface area contributed by atoms with Crippen molar-refractivity contribution in [1.82, 2.24) is 0 Å². The second-order valence-corrected chi connectivity index (χ2v) is 7.80. The lowest BCUT2D eigenvalue weighted by Gasteiger charge is -2.38. The molecular weight excluding hydrogens is 404 g/mol. The standard InChI is InChI=1S/C27H32O5/c1-6-8-13-20-24-22(31-4)15-16-23(32-5)25(24)21(14-9-7-2)27(29,26(20)28)18-11-10-12-19(17-18)30-3/h10-17,29H,6-9H2,1-5H3/b20-13-,21-14-. The van der Waals surface area contributed by atoms with Crippen LogP contribution in [0, 0.1) is 0 Å². The van der Waals surface area contributed by atoms with Gasteiger partial charge in [-0.3, -0.25) is 4.79 Å². The predicted octanol–water partition coefficient (Wildman–Crippen LogP) is 5.55. The maximum atomic E-state index is 14.1. The van der Waals surface area contributed by atoms with Crippen LogP contribution in [-0.4, -0.2) is 32.2 Å². The Labute approximate surface area is 190 Å². The molecule has 5 heteroatoms. The summed E-state index contributed by atoms with van der Waals surface area (Å²) in [4.78, 5) is 14.1. The minimum absolute atomic E-state index is 0.374. The van der Waals surface area contributed by atoms with E-state index in [4.69, 9.17) is 14.2 Å². The van der Waals surface area contributed by atoms with Crippen LogP contribution in [0.25, 0.3) is 11.1 Å². The molecule has 5 nitrogen and oxygen atoms in total. The number of Topliss-reactive ketones (excluding diaryl/α,β-unsaturated/α-hetero) is 1. The second kappa shape index (κ2) is 10.0. The Morgan fingerprint density at radius 3 is 2.09 bits per heavy atom. The van der Waals surface area contributed by atoms with E-state index in [-0.39, 0.29) is 5.78 Å². The molecule has 0 saturated heterocycles. The van der Waals surface area contributed by atoms with Crippen molar-refractivity contribution in [2.45, 2.75) is 45.1 Å². The van der Waals surface area contributed by atoms with Crippen LogP contribution in [-0.2, 0) is 10.4 Å². The van der Waals surface area contributed by atoms with Gasteiger partial charge >= 0.3 is 0 Å². The molecule has 0 amide bonds. The lowest BCUT2D eigenvalue weighted by molar-refractivity contribution is -0.126. The van der Waals surface area contributed by atoms with Crippen LogP contribution >= 0.6 is 0 Å². The molecule has 0 bridgehead atoms. The quantitative estimate of drug-likeness (QED) is 0.550. The molecule has 3 rings (SSSR count). The molecule has 1 atom stereocenters. The predicted molar refractivity (Wildman–Crippen MR) is 127 cm³/mol. The highest BCUT2D eigenvalue weighted by Crippen LogP contribution is 2.53. The average molecular weight is 437 g/mol. The van der Waals surface area contributed by atoms with Gasteiger partial charge in [0.1, 0.15) is 17.2 Å². The summed E-state index contributed by atoms with van der Waals surface area (Å²) >= 11 is 0. The van der Waals surface area contributed by atoms with Crippen molar-refractivity contribution in [2.24, 2.45) is 0 Å². The Bertz CT molecular complexity index is 1050. The summed E-state index contributed by atoms with van der Waals surface area (Å²) in [6.07, 6.45) is 6.96. The van der Waals surface area contributed by atoms with E-state index in [2.05, 4.69) is 13.8 Å². The van der Waals surface area contributed by atoms with Gasteiger partial charge in [-0.05, 0) is 42.7 Å². The third kappa shape index (κ3) is 3.93. The Morgan fingerprint density at radius 1 is 0.875 bits per heavy atom. The normalized spacial score (nSPS) is 20.4. The van der Waals surface area contributed by atoms with Crippen LogP contribution in [0.1, 0.15) is 56.2 Å². The summed E-state index contributed by atoms with van der Waals surface area (Å²) < 4.78 is 16.8. The lowest BCUT2D eigenvalue weighted by Crippen LogP contribution is -2.41. The smallest absolute Gasteiger partial charge is 0.204 e. The average Bonchev–Trinajstić information content (AvgIpc) is 2.83. The van der Waals surface area contributed by atoms with Crippen molar-refractivity contribution >= 4 is 16.9 Å². The highest BCUT2D eigenvalue weighted by Gasteiger charge is 2.50. The zero-order valence-corrected chi connectivity index (χ0v) is 19.5. The van der Waals surface area contributed by atoms with E-state index < -0.39 is 5.60 Å². The summed E-state index contributed by atoms with van der Waals surface area (Å²) in [5.74, 6) is 1.35. The second-order valence-electron chi connectivity index (χ2n) is 7.80. The van der Waals surface area contributed by atoms with Gasteiger partial charge in [0.05, 0.1) is 21.3 Å². The molecule has 2 aromatic rings. The molecule has 1 N–H and O–H groups in total. The molecule has 170 valence electrons. The Kier molecular flexibility index (Phi) is 7.41. The van der Waals surface area contributed by atoms with Crippen LogP contribution in [0.3, 0.4) is 0 Å². The molecule has 0 aliphatic heterocycles. The van der Waals surface area contributed by atoms with Gasteiger partial charge < -0.3 is 19.3 Å². The zero-order valence-electron chi connectivity index (χ0n) is 19.5. The molecular formula is C27H32O5. The number of carbonyl (C=O) groups excluding carboxylic acids is 1. The lowest BCUT2D eigenvalue weighted by atomic mass is 9.68. The number of fused-ring (bicyclic) bond motifs is 1. The Hall–Kier alpha value is -3.05. The van der Waals surface area contributed by atoms with E-state index in [0.717, 1.165) is 12.8 Å². The maximum absolute atomic E-state index is 14.1. The SMILES string of the molecule is CCC/C=C1\C(=O)C(O)(c2cccc(OC)c2)/C(=C\CCC)c2c(OC)ccc(OC)c21. The largest absolute Gasteiger partial charge is 0.497 e. The highest BCUT2D eigenvalue weighted by atomic mass is 16.5. The van der Waals surface area contributed by atoms with Gasteiger partial charge in [0.2, 0.25) is 5.78 Å². The Morgan fingerprint density at radius 2 is 1.50 bits per heavy atom. The molecule has 0 saturated carbocycles. The molecule has 2 aromatic carbocycles. The Balaban J connectivity index is 2.45. The van der Waals surface area contributed by atoms with Crippen LogP contribution in [0.2, 0.25) is 0 Å². The molecule has 0 heterocycles. The molecule has 1 unspecified atom stereocenters. The summed E-state index contributed by atoms with van der Waals surface area (Å²) in [6.45, 7) is 4.11. The monoisotopic (exact) mass is 436 g/mol. The van der Waals surface area contributed by atoms with E-state index in [1.165, 1.54) is 0 Å². The van der Waals surface area contributed by atoms with Crippen molar-refractivity contribution < 1.29 is 24.1 Å². The topological polar surface area (TPSA) is 65.0 Å². The summed E-state index contributed by atoms with van der Waals surface area (Å²) in [7, 11) is 4.74. The summed E-state index contributed by atoms with van der Waals surface area (Å²) in [5.41, 5.74) is 0.888. The number of hydrogen-bond donors (Lipinski definition) is 1. The maximum Gasteiger partial charge on any atom is 0.204 e. The number of carbonyl (C=O) groups is 1. The summed E-state index contributed by atoms with van der Waals surface area (Å²) in [6, 6.07) is 10.7. The van der Waals surface area contributed by atoms with E-state index in [1.807, 2.05) is 18.2 Å². The fourth-order valence-electron chi connectivity index (χ4n) is 4.21. The van der Waals surface area contributed by atoms with E-state index in [9.17, 15) is 9.90 Å². The van der Waals surface area contributed by atoms with Crippen LogP contribution in [0.15, 0.2) is 48.6 Å². The van der Waals surface area contributed by atoms with Crippen molar-refractivity contribution in [3.8, 4) is 17.2 Å². The first-order chi connectivity index (χ1) is 15.5. The van der Waals surface area contributed by atoms with Gasteiger partial charge in [-0.25, -0.2) is 0 Å². The fourth-order valence-corrected chi connectivity index (χ4v) is 4.21. The molecule has 0 spiro atoms. The molecule has 0 fully saturated rings. The van der Waals surface area contributed by atoms with Crippen LogP contribution < -0.4 is 14.2 Å². The highest BCUT2D eigenvalue weighted by molar-refractivity contribution is 6.33. The number of ether oxygens (including phenoxy) is 3. The number of unbranched alkanes of at least 4 members (excludes halogenated alkanes) is 2. The summed E-state index contributed by atoms with van der Waals surface area (Å²) in [5, 5.41) is 12.2. The molecule has 0 radical (unpaired) electrons. The molecule has 32 heavy (non-hydrogen) atoms. The van der Waals surface area contributed by atoms with Gasteiger partial charge in [-0.2, -0.15) is 0 Å². The number of allylic oxidation sites excluding steroid dienone is 2. The molecule has 1 aliphatic carbocycles. The number of methoxy groups -OCH3 is 3. The minimum Gasteiger partial charge on any atom is -0.497 e. The van der Waals surface area contributed by atoms with Gasteiger partial charge in [0.15, 0.2) is 5.60 Å². The fraction of sp³-hybridized carbons (Fsp3) is 0.370. The molecule has 1 aliphatic rings. The molecule has 0 aromatic heterocycles. The zero-order chi connectivity index (χ0) is 23.3. The van der Waals surface area contributed by atoms with Gasteiger partial charge in [0.25, 0.3) is 0 Å². The van der Waals surface area contributed by atoms with Crippen LogP contribution in [0.4, 0.5) is 0 Å². The van der Waals surface area contributed by atoms with Gasteiger partial charge in [0, 0.05) is 22.3 Å². The van der Waals surface area contributed by atoms with E-state index >= 15 is 0 Å². The third-order valence-corrected chi connectivity index (χ3v) is 5.83.